The Morgan fingerprint density at radius 3 is 2.62 bits per heavy atom. The molecule has 0 aliphatic carbocycles. The molecule has 0 saturated heterocycles. The van der Waals surface area contributed by atoms with E-state index in [9.17, 15) is 19.5 Å². The van der Waals surface area contributed by atoms with Crippen LogP contribution in [0.15, 0.2) is 41.4 Å². The van der Waals surface area contributed by atoms with Crippen LogP contribution in [0.5, 0.6) is 5.75 Å². The number of amides is 3. The number of imide groups is 1. The first-order valence-corrected chi connectivity index (χ1v) is 13.4. The number of methoxy groups -OCH3 is 1. The number of aliphatic imine (C=N–C) groups is 1. The van der Waals surface area contributed by atoms with Gasteiger partial charge in [0.15, 0.2) is 0 Å². The van der Waals surface area contributed by atoms with Crippen LogP contribution < -0.4 is 21.3 Å². The number of hydroxylamine groups is 1. The van der Waals surface area contributed by atoms with E-state index >= 15 is 0 Å². The predicted molar refractivity (Wildman–Crippen MR) is 153 cm³/mol. The first-order valence-electron chi connectivity index (χ1n) is 13.1. The van der Waals surface area contributed by atoms with Gasteiger partial charge in [0.05, 0.1) is 43.8 Å². The van der Waals surface area contributed by atoms with E-state index in [1.165, 1.54) is 19.2 Å². The molecule has 0 aromatic heterocycles. The summed E-state index contributed by atoms with van der Waals surface area (Å²) >= 11 is 6.21. The maximum atomic E-state index is 13.8. The molecule has 3 amide bonds. The number of nitrogens with two attached hydrogens (primary N) is 1. The highest BCUT2D eigenvalue weighted by Crippen LogP contribution is 2.28. The first kappa shape index (κ1) is 30.7. The van der Waals surface area contributed by atoms with Crippen molar-refractivity contribution in [3.05, 3.63) is 58.1 Å². The van der Waals surface area contributed by atoms with Crippen molar-refractivity contribution in [3.63, 3.8) is 0 Å². The van der Waals surface area contributed by atoms with Crippen molar-refractivity contribution in [1.29, 1.82) is 0 Å². The molecule has 0 radical (unpaired) electrons. The smallest absolute Gasteiger partial charge is 0.337 e. The Morgan fingerprint density at radius 2 is 2.00 bits per heavy atom. The number of anilines is 1. The lowest BCUT2D eigenvalue weighted by Gasteiger charge is -2.27. The second kappa shape index (κ2) is 14.0. The Balaban J connectivity index is 1.90. The van der Waals surface area contributed by atoms with Crippen molar-refractivity contribution in [3.8, 4) is 5.75 Å². The van der Waals surface area contributed by atoms with Crippen molar-refractivity contribution >= 4 is 41.0 Å². The van der Waals surface area contributed by atoms with Gasteiger partial charge in [-0.05, 0) is 68.1 Å². The molecule has 0 fully saturated rings. The highest BCUT2D eigenvalue weighted by Gasteiger charge is 2.34. The summed E-state index contributed by atoms with van der Waals surface area (Å²) in [5.74, 6) is -1.32. The highest BCUT2D eigenvalue weighted by molar-refractivity contribution is 6.30. The number of nitrogen functional groups attached to an aromatic ring is 1. The van der Waals surface area contributed by atoms with Gasteiger partial charge in [0.2, 0.25) is 5.91 Å². The molecule has 5 N–H and O–H groups in total. The topological polar surface area (TPSA) is 156 Å². The fraction of sp³-hybridized carbons (Fsp3) is 0.429. The van der Waals surface area contributed by atoms with Crippen molar-refractivity contribution in [2.45, 2.75) is 52.2 Å². The quantitative estimate of drug-likeness (QED) is 0.243. The van der Waals surface area contributed by atoms with E-state index in [1.54, 1.807) is 24.3 Å². The molecular formula is C28H36ClN5O6. The summed E-state index contributed by atoms with van der Waals surface area (Å²) in [6.07, 6.45) is 1.34. The zero-order valence-electron chi connectivity index (χ0n) is 23.1. The third-order valence-corrected chi connectivity index (χ3v) is 6.61. The van der Waals surface area contributed by atoms with Gasteiger partial charge >= 0.3 is 12.0 Å². The molecule has 2 aromatic carbocycles. The normalized spacial score (nSPS) is 16.2. The number of halogens is 1. The van der Waals surface area contributed by atoms with Crippen LogP contribution in [0.4, 0.5) is 10.5 Å². The lowest BCUT2D eigenvalue weighted by atomic mass is 9.97. The van der Waals surface area contributed by atoms with Crippen LogP contribution in [0.2, 0.25) is 5.02 Å². The van der Waals surface area contributed by atoms with Gasteiger partial charge < -0.3 is 20.9 Å². The fourth-order valence-electron chi connectivity index (χ4n) is 4.37. The van der Waals surface area contributed by atoms with Gasteiger partial charge in [-0.3, -0.25) is 25.0 Å². The maximum absolute atomic E-state index is 13.8. The van der Waals surface area contributed by atoms with Crippen LogP contribution in [0.3, 0.4) is 0 Å². The molecule has 2 aromatic rings. The first-order chi connectivity index (χ1) is 19.0. The summed E-state index contributed by atoms with van der Waals surface area (Å²) in [5.41, 5.74) is 10.2. The summed E-state index contributed by atoms with van der Waals surface area (Å²) in [4.78, 5) is 49.9. The Labute approximate surface area is 238 Å². The van der Waals surface area contributed by atoms with Crippen LogP contribution in [-0.4, -0.2) is 60.1 Å². The number of nitrogens with zero attached hydrogens (tertiary/aromatic N) is 2. The molecule has 1 aliphatic rings. The standard InChI is InChI=1S/C28H36ClN5O6/c1-5-6-23(17-7-9-21(27(36)37)22(30)13-17)32-28(38)34-15-25(33-40-16(2)3)31-14-19(26(34)35)11-18-12-20(29)8-10-24(18)39-4/h7-10,12-13,16,19,23H,5-6,11,14-15,30H2,1-4H3,(H,31,33)(H,32,38)(H,36,37)/t19-,23+/m0/s1. The van der Waals surface area contributed by atoms with Gasteiger partial charge in [0.1, 0.15) is 11.6 Å². The molecule has 0 saturated carbocycles. The Kier molecular flexibility index (Phi) is 10.7. The number of rotatable bonds is 10. The van der Waals surface area contributed by atoms with E-state index in [0.29, 0.717) is 35.0 Å². The number of hydrogen-bond donors (Lipinski definition) is 4. The number of hydrogen-bond acceptors (Lipinski definition) is 8. The minimum Gasteiger partial charge on any atom is -0.496 e. The van der Waals surface area contributed by atoms with Crippen molar-refractivity contribution in [1.82, 2.24) is 15.7 Å². The fourth-order valence-corrected chi connectivity index (χ4v) is 4.57. The van der Waals surface area contributed by atoms with E-state index in [4.69, 9.17) is 26.9 Å². The number of nitrogens with one attached hydrogen (secondary N) is 2. The van der Waals surface area contributed by atoms with Gasteiger partial charge in [-0.2, -0.15) is 0 Å². The van der Waals surface area contributed by atoms with E-state index in [2.05, 4.69) is 15.8 Å². The molecule has 11 nitrogen and oxygen atoms in total. The molecule has 12 heteroatoms. The van der Waals surface area contributed by atoms with Crippen molar-refractivity contribution < 1.29 is 29.1 Å². The number of carboxylic acid groups (broad SMARTS) is 1. The molecule has 1 aliphatic heterocycles. The van der Waals surface area contributed by atoms with Gasteiger partial charge in [-0.25, -0.2) is 9.59 Å². The van der Waals surface area contributed by atoms with E-state index in [0.717, 1.165) is 10.5 Å². The van der Waals surface area contributed by atoms with Crippen LogP contribution in [0.1, 0.15) is 61.1 Å². The molecule has 40 heavy (non-hydrogen) atoms. The maximum Gasteiger partial charge on any atom is 0.337 e. The lowest BCUT2D eigenvalue weighted by molar-refractivity contribution is -0.131. The minimum atomic E-state index is -1.14. The average molecular weight is 574 g/mol. The summed E-state index contributed by atoms with van der Waals surface area (Å²) in [6.45, 7) is 5.63. The van der Waals surface area contributed by atoms with Crippen LogP contribution >= 0.6 is 11.6 Å². The van der Waals surface area contributed by atoms with Gasteiger partial charge in [0, 0.05) is 10.7 Å². The number of aromatic carboxylic acids is 1. The number of carboxylic acids is 1. The Morgan fingerprint density at radius 1 is 1.25 bits per heavy atom. The third kappa shape index (κ3) is 7.86. The predicted octanol–water partition coefficient (Wildman–Crippen LogP) is 4.21. The van der Waals surface area contributed by atoms with Gasteiger partial charge in [-0.1, -0.05) is 31.0 Å². The average Bonchev–Trinajstić information content (AvgIpc) is 3.05. The number of amidine groups is 1. The number of benzene rings is 2. The number of ether oxygens (including phenoxy) is 1. The van der Waals surface area contributed by atoms with E-state index in [1.807, 2.05) is 20.8 Å². The Bertz CT molecular complexity index is 1270. The van der Waals surface area contributed by atoms with Crippen LogP contribution in [0, 0.1) is 5.92 Å². The van der Waals surface area contributed by atoms with Crippen molar-refractivity contribution in [2.75, 3.05) is 25.9 Å². The molecule has 0 bridgehead atoms. The van der Waals surface area contributed by atoms with E-state index in [-0.39, 0.29) is 36.9 Å². The summed E-state index contributed by atoms with van der Waals surface area (Å²) < 4.78 is 5.45. The number of carbonyl (C=O) groups is 3. The second-order valence-corrected chi connectivity index (χ2v) is 10.2. The minimum absolute atomic E-state index is 0.0237. The molecular weight excluding hydrogens is 538 g/mol. The SMILES string of the molecule is CCC[C@@H](NC(=O)N1CC(NOC(C)C)=NC[C@H](Cc2cc(Cl)ccc2OC)C1=O)c1ccc(C(=O)O)c(N)c1. The summed E-state index contributed by atoms with van der Waals surface area (Å²) in [6, 6.07) is 8.59. The zero-order valence-corrected chi connectivity index (χ0v) is 23.8. The highest BCUT2D eigenvalue weighted by atomic mass is 35.5. The summed E-state index contributed by atoms with van der Waals surface area (Å²) in [5, 5.41) is 12.7. The van der Waals surface area contributed by atoms with Gasteiger partial charge in [0.25, 0.3) is 0 Å². The molecule has 2 atom stereocenters. The van der Waals surface area contributed by atoms with Crippen molar-refractivity contribution in [2.24, 2.45) is 10.9 Å². The molecule has 1 heterocycles. The second-order valence-electron chi connectivity index (χ2n) is 9.78. The monoisotopic (exact) mass is 573 g/mol. The molecule has 3 rings (SSSR count). The van der Waals surface area contributed by atoms with E-state index < -0.39 is 29.9 Å². The lowest BCUT2D eigenvalue weighted by Crippen LogP contribution is -2.50. The van der Waals surface area contributed by atoms with Gasteiger partial charge in [-0.15, -0.1) is 0 Å². The third-order valence-electron chi connectivity index (χ3n) is 6.38. The molecule has 0 spiro atoms. The van der Waals surface area contributed by atoms with Crippen LogP contribution in [-0.2, 0) is 16.1 Å². The Hall–Kier alpha value is -3.83. The number of carbonyl (C=O) groups excluding carboxylic acids is 2. The molecule has 0 unspecified atom stereocenters. The zero-order chi connectivity index (χ0) is 29.4. The molecule has 216 valence electrons. The number of urea groups is 1. The summed E-state index contributed by atoms with van der Waals surface area (Å²) in [7, 11) is 1.54. The van der Waals surface area contributed by atoms with Crippen LogP contribution in [0.25, 0.3) is 0 Å². The largest absolute Gasteiger partial charge is 0.496 e.